The summed E-state index contributed by atoms with van der Waals surface area (Å²) in [5.41, 5.74) is 2.23. The van der Waals surface area contributed by atoms with Crippen molar-refractivity contribution < 1.29 is 9.53 Å². The third-order valence-electron chi connectivity index (χ3n) is 4.59. The van der Waals surface area contributed by atoms with Crippen LogP contribution in [0.3, 0.4) is 0 Å². The van der Waals surface area contributed by atoms with Crippen LogP contribution in [0.15, 0.2) is 67.0 Å². The minimum atomic E-state index is -0.742. The van der Waals surface area contributed by atoms with Crippen LogP contribution in [-0.4, -0.2) is 26.5 Å². The number of ether oxygens (including phenoxy) is 1. The average Bonchev–Trinajstić information content (AvgIpc) is 3.40. The molecule has 0 aliphatic heterocycles. The van der Waals surface area contributed by atoms with E-state index < -0.39 is 6.10 Å². The third-order valence-corrected chi connectivity index (χ3v) is 5.56. The highest BCUT2D eigenvalue weighted by Gasteiger charge is 2.21. The number of amides is 1. The maximum absolute atomic E-state index is 12.7. The summed E-state index contributed by atoms with van der Waals surface area (Å²) in [6.07, 6.45) is 2.86. The highest BCUT2D eigenvalue weighted by Crippen LogP contribution is 2.38. The fraction of sp³-hybridized carbons (Fsp3) is 0.130. The van der Waals surface area contributed by atoms with Crippen molar-refractivity contribution in [3.05, 3.63) is 72.6 Å². The van der Waals surface area contributed by atoms with E-state index in [1.807, 2.05) is 48.1 Å². The topological polar surface area (TPSA) is 92.8 Å². The number of imidazole rings is 1. The maximum Gasteiger partial charge on any atom is 0.266 e. The Morgan fingerprint density at radius 3 is 2.58 bits per heavy atom. The second kappa shape index (κ2) is 8.81. The monoisotopic (exact) mass is 429 g/mol. The van der Waals surface area contributed by atoms with E-state index in [0.29, 0.717) is 16.4 Å². The molecule has 31 heavy (non-hydrogen) atoms. The molecule has 0 bridgehead atoms. The van der Waals surface area contributed by atoms with Crippen LogP contribution in [-0.2, 0) is 11.8 Å². The molecular weight excluding hydrogens is 410 g/mol. The number of aromatic nitrogens is 3. The van der Waals surface area contributed by atoms with E-state index in [-0.39, 0.29) is 5.91 Å². The molecule has 2 aromatic carbocycles. The smallest absolute Gasteiger partial charge is 0.266 e. The molecule has 0 aliphatic rings. The van der Waals surface area contributed by atoms with Crippen molar-refractivity contribution >= 4 is 22.4 Å². The number of thiazole rings is 1. The van der Waals surface area contributed by atoms with Gasteiger partial charge in [-0.15, -0.1) is 0 Å². The van der Waals surface area contributed by atoms with Gasteiger partial charge in [-0.05, 0) is 31.2 Å². The van der Waals surface area contributed by atoms with Gasteiger partial charge in [0.05, 0.1) is 22.2 Å². The Balaban J connectivity index is 1.56. The number of nitrogens with one attached hydrogen (secondary N) is 1. The zero-order chi connectivity index (χ0) is 21.8. The molecule has 0 fully saturated rings. The highest BCUT2D eigenvalue weighted by atomic mass is 32.1. The van der Waals surface area contributed by atoms with Crippen molar-refractivity contribution in [3.8, 4) is 33.8 Å². The molecule has 0 saturated heterocycles. The summed E-state index contributed by atoms with van der Waals surface area (Å²) in [5, 5.41) is 12.2. The minimum absolute atomic E-state index is 0.316. The first-order chi connectivity index (χ1) is 15.0. The number of aryl methyl sites for hydroxylation is 1. The number of benzene rings is 2. The minimum Gasteiger partial charge on any atom is -0.481 e. The zero-order valence-electron chi connectivity index (χ0n) is 16.9. The van der Waals surface area contributed by atoms with Crippen LogP contribution in [0.4, 0.5) is 5.13 Å². The quantitative estimate of drug-likeness (QED) is 0.487. The molecule has 1 N–H and O–H groups in total. The Morgan fingerprint density at radius 2 is 1.94 bits per heavy atom. The van der Waals surface area contributed by atoms with E-state index in [1.54, 1.807) is 37.4 Å². The lowest BCUT2D eigenvalue weighted by atomic mass is 10.1. The van der Waals surface area contributed by atoms with Crippen LogP contribution in [0.2, 0.25) is 0 Å². The second-order valence-corrected chi connectivity index (χ2v) is 7.81. The molecule has 1 unspecified atom stereocenters. The van der Waals surface area contributed by atoms with Gasteiger partial charge in [0.15, 0.2) is 17.1 Å². The summed E-state index contributed by atoms with van der Waals surface area (Å²) >= 11 is 1.37. The highest BCUT2D eigenvalue weighted by molar-refractivity contribution is 7.19. The Morgan fingerprint density at radius 1 is 1.19 bits per heavy atom. The van der Waals surface area contributed by atoms with Crippen molar-refractivity contribution in [2.45, 2.75) is 13.0 Å². The van der Waals surface area contributed by atoms with E-state index in [4.69, 9.17) is 10.00 Å². The van der Waals surface area contributed by atoms with E-state index in [2.05, 4.69) is 21.4 Å². The van der Waals surface area contributed by atoms with E-state index >= 15 is 0 Å². The number of carbonyl (C=O) groups is 1. The first-order valence-corrected chi connectivity index (χ1v) is 10.4. The Labute approximate surface area is 183 Å². The molecule has 0 radical (unpaired) electrons. The lowest BCUT2D eigenvalue weighted by Gasteiger charge is -2.13. The summed E-state index contributed by atoms with van der Waals surface area (Å²) in [5.74, 6) is 0.974. The number of carbonyl (C=O) groups excluding carboxylic acids is 1. The average molecular weight is 430 g/mol. The Hall–Kier alpha value is -3.96. The van der Waals surface area contributed by atoms with Gasteiger partial charge in [-0.1, -0.05) is 41.7 Å². The van der Waals surface area contributed by atoms with Gasteiger partial charge < -0.3 is 9.30 Å². The van der Waals surface area contributed by atoms with E-state index in [9.17, 15) is 4.79 Å². The van der Waals surface area contributed by atoms with Crippen LogP contribution in [0.25, 0.3) is 22.0 Å². The van der Waals surface area contributed by atoms with Crippen LogP contribution < -0.4 is 10.1 Å². The van der Waals surface area contributed by atoms with Gasteiger partial charge in [-0.2, -0.15) is 5.26 Å². The van der Waals surface area contributed by atoms with Crippen molar-refractivity contribution in [1.82, 2.24) is 14.5 Å². The molecule has 1 amide bonds. The SMILES string of the molecule is CC(Oc1ccc(C#N)cc1)C(=O)Nc1nc(-c2ccccc2)c(-c2nccn2C)s1. The molecule has 0 aliphatic carbocycles. The molecule has 2 aromatic heterocycles. The molecule has 8 heteroatoms. The van der Waals surface area contributed by atoms with Crippen molar-refractivity contribution in [1.29, 1.82) is 5.26 Å². The van der Waals surface area contributed by atoms with Gasteiger partial charge in [0.25, 0.3) is 5.91 Å². The standard InChI is InChI=1S/C23H19N5O2S/c1-15(30-18-10-8-16(14-24)9-11-18)22(29)27-23-26-19(17-6-4-3-5-7-17)20(31-23)21-25-12-13-28(21)2/h3-13,15H,1-2H3,(H,26,27,29). The van der Waals surface area contributed by atoms with Crippen molar-refractivity contribution in [2.24, 2.45) is 7.05 Å². The number of anilines is 1. The van der Waals surface area contributed by atoms with Crippen LogP contribution in [0.1, 0.15) is 12.5 Å². The van der Waals surface area contributed by atoms with Crippen LogP contribution >= 0.6 is 11.3 Å². The van der Waals surface area contributed by atoms with E-state index in [0.717, 1.165) is 22.0 Å². The number of hydrogen-bond donors (Lipinski definition) is 1. The lowest BCUT2D eigenvalue weighted by Crippen LogP contribution is -2.30. The predicted octanol–water partition coefficient (Wildman–Crippen LogP) is 4.49. The van der Waals surface area contributed by atoms with Gasteiger partial charge in [-0.25, -0.2) is 9.97 Å². The molecule has 4 rings (SSSR count). The third kappa shape index (κ3) is 4.47. The maximum atomic E-state index is 12.7. The van der Waals surface area contributed by atoms with Crippen molar-refractivity contribution in [2.75, 3.05) is 5.32 Å². The fourth-order valence-electron chi connectivity index (χ4n) is 2.97. The first kappa shape index (κ1) is 20.3. The summed E-state index contributed by atoms with van der Waals surface area (Å²) in [4.78, 5) is 22.7. The summed E-state index contributed by atoms with van der Waals surface area (Å²) < 4.78 is 7.62. The van der Waals surface area contributed by atoms with Crippen LogP contribution in [0.5, 0.6) is 5.75 Å². The van der Waals surface area contributed by atoms with Gasteiger partial charge in [-0.3, -0.25) is 10.1 Å². The largest absolute Gasteiger partial charge is 0.481 e. The fourth-order valence-corrected chi connectivity index (χ4v) is 4.00. The predicted molar refractivity (Wildman–Crippen MR) is 120 cm³/mol. The number of rotatable bonds is 6. The second-order valence-electron chi connectivity index (χ2n) is 6.81. The molecule has 1 atom stereocenters. The normalized spacial score (nSPS) is 11.5. The number of nitriles is 1. The molecule has 4 aromatic rings. The summed E-state index contributed by atoms with van der Waals surface area (Å²) in [6, 6.07) is 18.5. The molecule has 154 valence electrons. The van der Waals surface area contributed by atoms with Gasteiger partial charge in [0, 0.05) is 25.0 Å². The first-order valence-electron chi connectivity index (χ1n) is 9.57. The molecule has 0 saturated carbocycles. The Bertz CT molecular complexity index is 1240. The molecular formula is C23H19N5O2S. The zero-order valence-corrected chi connectivity index (χ0v) is 17.8. The van der Waals surface area contributed by atoms with Gasteiger partial charge in [0.2, 0.25) is 0 Å². The van der Waals surface area contributed by atoms with E-state index in [1.165, 1.54) is 11.3 Å². The van der Waals surface area contributed by atoms with Gasteiger partial charge in [0.1, 0.15) is 5.75 Å². The van der Waals surface area contributed by atoms with Crippen LogP contribution in [0, 0.1) is 11.3 Å². The lowest BCUT2D eigenvalue weighted by molar-refractivity contribution is -0.122. The Kier molecular flexibility index (Phi) is 5.78. The summed E-state index contributed by atoms with van der Waals surface area (Å²) in [6.45, 7) is 1.67. The number of hydrogen-bond acceptors (Lipinski definition) is 6. The molecule has 0 spiro atoms. The molecule has 7 nitrogen and oxygen atoms in total. The molecule has 2 heterocycles. The van der Waals surface area contributed by atoms with Crippen molar-refractivity contribution in [3.63, 3.8) is 0 Å². The van der Waals surface area contributed by atoms with Gasteiger partial charge >= 0.3 is 0 Å². The number of nitrogens with zero attached hydrogens (tertiary/aromatic N) is 4. The summed E-state index contributed by atoms with van der Waals surface area (Å²) in [7, 11) is 1.92.